The summed E-state index contributed by atoms with van der Waals surface area (Å²) < 4.78 is 10.0. The van der Waals surface area contributed by atoms with E-state index in [0.717, 1.165) is 11.5 Å². The molecule has 0 aliphatic heterocycles. The minimum absolute atomic E-state index is 0.0859. The summed E-state index contributed by atoms with van der Waals surface area (Å²) in [6.07, 6.45) is 0.359. The summed E-state index contributed by atoms with van der Waals surface area (Å²) in [4.78, 5) is 11.4. The Kier molecular flexibility index (Phi) is 7.75. The summed E-state index contributed by atoms with van der Waals surface area (Å²) in [6, 6.07) is 7.89. The molecule has 0 spiro atoms. The Morgan fingerprint density at radius 1 is 1.37 bits per heavy atom. The first-order valence-corrected chi connectivity index (χ1v) is 7.74. The van der Waals surface area contributed by atoms with Crippen LogP contribution in [-0.2, 0) is 15.3 Å². The highest BCUT2D eigenvalue weighted by molar-refractivity contribution is 7.99. The molecule has 1 unspecified atom stereocenters. The van der Waals surface area contributed by atoms with Gasteiger partial charge in [-0.3, -0.25) is 4.79 Å². The van der Waals surface area contributed by atoms with E-state index in [9.17, 15) is 4.79 Å². The third-order valence-corrected chi connectivity index (χ3v) is 4.38. The molecule has 1 rings (SSSR count). The molecule has 0 aliphatic rings. The highest BCUT2D eigenvalue weighted by Gasteiger charge is 2.14. The van der Waals surface area contributed by atoms with Crippen molar-refractivity contribution in [1.29, 1.82) is 0 Å². The Balaban J connectivity index is 2.41. The van der Waals surface area contributed by atoms with Crippen LogP contribution >= 0.6 is 23.4 Å². The molecule has 5 heteroatoms. The first-order chi connectivity index (χ1) is 9.19. The lowest BCUT2D eigenvalue weighted by Crippen LogP contribution is -2.15. The third-order valence-electron chi connectivity index (χ3n) is 2.52. The number of alkyl halides is 1. The normalized spacial score (nSPS) is 11.9. The average Bonchev–Trinajstić information content (AvgIpc) is 2.44. The maximum Gasteiger partial charge on any atom is 0.306 e. The smallest absolute Gasteiger partial charge is 0.306 e. The van der Waals surface area contributed by atoms with Gasteiger partial charge in [-0.1, -0.05) is 12.1 Å². The molecule has 0 saturated heterocycles. The molecule has 3 nitrogen and oxygen atoms in total. The predicted molar refractivity (Wildman–Crippen MR) is 80.0 cm³/mol. The van der Waals surface area contributed by atoms with Crippen LogP contribution in [0.3, 0.4) is 0 Å². The molecule has 0 saturated carbocycles. The van der Waals surface area contributed by atoms with Gasteiger partial charge in [-0.2, -0.15) is 11.8 Å². The molecule has 1 aromatic carbocycles. The van der Waals surface area contributed by atoms with Crippen molar-refractivity contribution in [1.82, 2.24) is 0 Å². The molecule has 0 radical (unpaired) electrons. The fourth-order valence-corrected chi connectivity index (χ4v) is 2.84. The van der Waals surface area contributed by atoms with Gasteiger partial charge in [0.1, 0.15) is 5.75 Å². The maximum absolute atomic E-state index is 11.4. The Bertz CT molecular complexity index is 381. The number of hydrogen-bond acceptors (Lipinski definition) is 4. The van der Waals surface area contributed by atoms with Crippen molar-refractivity contribution in [3.63, 3.8) is 0 Å². The van der Waals surface area contributed by atoms with Crippen molar-refractivity contribution >= 4 is 29.3 Å². The summed E-state index contributed by atoms with van der Waals surface area (Å²) in [5.74, 6) is 1.92. The second-order valence-electron chi connectivity index (χ2n) is 3.94. The van der Waals surface area contributed by atoms with E-state index in [4.69, 9.17) is 21.1 Å². The van der Waals surface area contributed by atoms with E-state index < -0.39 is 0 Å². The first-order valence-electron chi connectivity index (χ1n) is 6.15. The zero-order valence-corrected chi connectivity index (χ0v) is 12.8. The van der Waals surface area contributed by atoms with Crippen LogP contribution < -0.4 is 4.74 Å². The quantitative estimate of drug-likeness (QED) is 0.544. The van der Waals surface area contributed by atoms with E-state index in [0.29, 0.717) is 18.9 Å². The number of carbonyl (C=O) groups is 1. The van der Waals surface area contributed by atoms with Crippen molar-refractivity contribution < 1.29 is 14.3 Å². The Morgan fingerprint density at radius 2 is 2.05 bits per heavy atom. The molecule has 106 valence electrons. The van der Waals surface area contributed by atoms with Crippen LogP contribution in [0, 0.1) is 0 Å². The molecule has 19 heavy (non-hydrogen) atoms. The van der Waals surface area contributed by atoms with E-state index >= 15 is 0 Å². The molecule has 1 aromatic rings. The molecule has 0 amide bonds. The molecule has 0 bridgehead atoms. The first kappa shape index (κ1) is 16.2. The van der Waals surface area contributed by atoms with Crippen LogP contribution in [0.5, 0.6) is 5.75 Å². The van der Waals surface area contributed by atoms with Crippen molar-refractivity contribution in [3.8, 4) is 5.75 Å². The predicted octanol–water partition coefficient (Wildman–Crippen LogP) is 3.49. The highest BCUT2D eigenvalue weighted by atomic mass is 35.5. The van der Waals surface area contributed by atoms with Gasteiger partial charge in [-0.05, 0) is 24.6 Å². The fraction of sp³-hybridized carbons (Fsp3) is 0.500. The zero-order chi connectivity index (χ0) is 14.1. The van der Waals surface area contributed by atoms with Gasteiger partial charge in [0.15, 0.2) is 0 Å². The molecule has 0 heterocycles. The van der Waals surface area contributed by atoms with Gasteiger partial charge in [0.2, 0.25) is 0 Å². The molecule has 0 fully saturated rings. The topological polar surface area (TPSA) is 35.5 Å². The Morgan fingerprint density at radius 3 is 2.58 bits per heavy atom. The van der Waals surface area contributed by atoms with Crippen molar-refractivity contribution in [2.45, 2.75) is 24.3 Å². The lowest BCUT2D eigenvalue weighted by Gasteiger charge is -2.12. The molecular weight excluding hydrogens is 284 g/mol. The van der Waals surface area contributed by atoms with Crippen LogP contribution in [0.15, 0.2) is 24.3 Å². The average molecular weight is 303 g/mol. The number of benzene rings is 1. The standard InChI is InChI=1S/C14H19ClO3S/c1-3-18-14(16)8-13(9-15)19-10-11-4-6-12(17-2)7-5-11/h4-7,13H,3,8-10H2,1-2H3. The molecular formula is C14H19ClO3S. The van der Waals surface area contributed by atoms with Crippen LogP contribution in [0.1, 0.15) is 18.9 Å². The maximum atomic E-state index is 11.4. The minimum Gasteiger partial charge on any atom is -0.497 e. The van der Waals surface area contributed by atoms with Crippen LogP contribution in [0.25, 0.3) is 0 Å². The number of rotatable bonds is 8. The fourth-order valence-electron chi connectivity index (χ4n) is 1.50. The summed E-state index contributed by atoms with van der Waals surface area (Å²) in [5, 5.41) is 0.0859. The Labute approximate surface area is 123 Å². The lowest BCUT2D eigenvalue weighted by atomic mass is 10.2. The molecule has 0 N–H and O–H groups in total. The summed E-state index contributed by atoms with van der Waals surface area (Å²) >= 11 is 7.55. The molecule has 0 aliphatic carbocycles. The van der Waals surface area contributed by atoms with Crippen LogP contribution in [0.4, 0.5) is 0 Å². The van der Waals surface area contributed by atoms with E-state index in [1.165, 1.54) is 5.56 Å². The van der Waals surface area contributed by atoms with E-state index in [1.807, 2.05) is 24.3 Å². The van der Waals surface area contributed by atoms with E-state index in [2.05, 4.69) is 0 Å². The lowest BCUT2D eigenvalue weighted by molar-refractivity contribution is -0.142. The van der Waals surface area contributed by atoms with Crippen molar-refractivity contribution in [2.75, 3.05) is 19.6 Å². The van der Waals surface area contributed by atoms with Gasteiger partial charge in [0.05, 0.1) is 20.1 Å². The molecule has 0 aromatic heterocycles. The highest BCUT2D eigenvalue weighted by Crippen LogP contribution is 2.23. The van der Waals surface area contributed by atoms with Crippen molar-refractivity contribution in [3.05, 3.63) is 29.8 Å². The number of esters is 1. The van der Waals surface area contributed by atoms with Gasteiger partial charge in [0.25, 0.3) is 0 Å². The van der Waals surface area contributed by atoms with Gasteiger partial charge in [-0.15, -0.1) is 11.6 Å². The van der Waals surface area contributed by atoms with Crippen molar-refractivity contribution in [2.24, 2.45) is 0 Å². The third kappa shape index (κ3) is 6.21. The second-order valence-corrected chi connectivity index (χ2v) is 5.54. The molecule has 1 atom stereocenters. The number of ether oxygens (including phenoxy) is 2. The Hall–Kier alpha value is -0.870. The number of hydrogen-bond donors (Lipinski definition) is 0. The summed E-state index contributed by atoms with van der Waals surface area (Å²) in [7, 11) is 1.65. The van der Waals surface area contributed by atoms with Gasteiger partial charge < -0.3 is 9.47 Å². The largest absolute Gasteiger partial charge is 0.497 e. The number of methoxy groups -OCH3 is 1. The van der Waals surface area contributed by atoms with Crippen LogP contribution in [0.2, 0.25) is 0 Å². The van der Waals surface area contributed by atoms with E-state index in [1.54, 1.807) is 25.8 Å². The summed E-state index contributed by atoms with van der Waals surface area (Å²) in [6.45, 7) is 2.22. The SMILES string of the molecule is CCOC(=O)CC(CCl)SCc1ccc(OC)cc1. The second kappa shape index (κ2) is 9.10. The monoisotopic (exact) mass is 302 g/mol. The van der Waals surface area contributed by atoms with Gasteiger partial charge in [0, 0.05) is 16.9 Å². The summed E-state index contributed by atoms with van der Waals surface area (Å²) in [5.41, 5.74) is 1.18. The minimum atomic E-state index is -0.185. The number of carbonyl (C=O) groups excluding carboxylic acids is 1. The van der Waals surface area contributed by atoms with Gasteiger partial charge in [-0.25, -0.2) is 0 Å². The van der Waals surface area contributed by atoms with Gasteiger partial charge >= 0.3 is 5.97 Å². The zero-order valence-electron chi connectivity index (χ0n) is 11.2. The van der Waals surface area contributed by atoms with E-state index in [-0.39, 0.29) is 11.2 Å². The van der Waals surface area contributed by atoms with Crippen LogP contribution in [-0.4, -0.2) is 30.8 Å². The number of halogens is 1. The number of thioether (sulfide) groups is 1.